The summed E-state index contributed by atoms with van der Waals surface area (Å²) in [6.07, 6.45) is -8.47. The number of nitrogen functional groups attached to an aromatic ring is 1. The molecule has 1 saturated carbocycles. The molecule has 14 nitrogen and oxygen atoms in total. The second-order valence-electron chi connectivity index (χ2n) is 9.10. The lowest BCUT2D eigenvalue weighted by Gasteiger charge is -2.33. The van der Waals surface area contributed by atoms with Crippen LogP contribution in [0, 0.1) is 0 Å². The highest BCUT2D eigenvalue weighted by atomic mass is 35.5. The number of ether oxygens (including phenoxy) is 2. The second-order valence-corrected chi connectivity index (χ2v) is 9.44. The van der Waals surface area contributed by atoms with Crippen molar-refractivity contribution in [1.29, 1.82) is 0 Å². The number of benzene rings is 1. The summed E-state index contributed by atoms with van der Waals surface area (Å²) in [4.78, 5) is 35.2. The molecule has 2 unspecified atom stereocenters. The predicted octanol–water partition coefficient (Wildman–Crippen LogP) is -0.237. The van der Waals surface area contributed by atoms with Crippen LogP contribution in [0.3, 0.4) is 0 Å². The first-order chi connectivity index (χ1) is 17.9. The minimum atomic E-state index is -2.68. The fourth-order valence-corrected chi connectivity index (χ4v) is 4.77. The van der Waals surface area contributed by atoms with Crippen LogP contribution in [0.15, 0.2) is 30.6 Å². The number of hydrogen-bond donors (Lipinski definition) is 6. The Labute approximate surface area is 217 Å². The van der Waals surface area contributed by atoms with E-state index in [1.807, 2.05) is 0 Å². The third-order valence-electron chi connectivity index (χ3n) is 6.61. The number of rotatable bonds is 8. The van der Waals surface area contributed by atoms with Crippen LogP contribution in [0.5, 0.6) is 0 Å². The van der Waals surface area contributed by atoms with Gasteiger partial charge in [-0.05, 0) is 29.3 Å². The van der Waals surface area contributed by atoms with E-state index in [-0.39, 0.29) is 28.2 Å². The Balaban J connectivity index is 1.38. The number of imidazole rings is 1. The van der Waals surface area contributed by atoms with Gasteiger partial charge in [0.05, 0.1) is 6.33 Å². The van der Waals surface area contributed by atoms with Gasteiger partial charge in [0.15, 0.2) is 35.8 Å². The van der Waals surface area contributed by atoms with Gasteiger partial charge >= 0.3 is 5.97 Å². The fraction of sp³-hybridized carbons (Fsp3) is 0.409. The first-order valence-corrected chi connectivity index (χ1v) is 11.6. The zero-order valence-corrected chi connectivity index (χ0v) is 20.3. The van der Waals surface area contributed by atoms with Crippen LogP contribution in [0.25, 0.3) is 11.2 Å². The van der Waals surface area contributed by atoms with Gasteiger partial charge in [0.2, 0.25) is 16.8 Å². The number of aliphatic hydroxyl groups excluding tert-OH is 1. The van der Waals surface area contributed by atoms with Crippen LogP contribution < -0.4 is 11.1 Å². The largest absolute Gasteiger partial charge is 0.479 e. The average molecular weight is 553 g/mol. The highest BCUT2D eigenvalue weighted by molar-refractivity contribution is 6.28. The van der Waals surface area contributed by atoms with Crippen molar-refractivity contribution >= 4 is 46.1 Å². The standard InChI is InChI=1S/C22H22ClFN6O8/c1-8(31)27-10-4-2-9(3-5-10)6-21(18(32)33,19(34)35)38-14-13-22(14,36)12(24)17(37-13)30-7-26-11-15(25)28-20(23)29-16(11)30/h2-5,7,12-14,17-18,32-33,36H,6H2,1H3,(H,27,31)(H,34,35)(H2,25,28,29)/t12-,13-,14?,17-,21?,22+/m1/s1. The number of carboxylic acid groups (broad SMARTS) is 1. The van der Waals surface area contributed by atoms with E-state index >= 15 is 4.39 Å². The van der Waals surface area contributed by atoms with Gasteiger partial charge in [0.1, 0.15) is 17.7 Å². The van der Waals surface area contributed by atoms with Crippen LogP contribution in [0.4, 0.5) is 15.9 Å². The summed E-state index contributed by atoms with van der Waals surface area (Å²) in [6, 6.07) is 5.86. The van der Waals surface area contributed by atoms with Crippen LogP contribution in [0.1, 0.15) is 18.7 Å². The van der Waals surface area contributed by atoms with Crippen molar-refractivity contribution < 1.29 is 43.9 Å². The Kier molecular flexibility index (Phi) is 6.24. The molecule has 3 heterocycles. The highest BCUT2D eigenvalue weighted by Gasteiger charge is 2.80. The molecule has 1 aliphatic carbocycles. The normalized spacial score (nSPS) is 27.8. The van der Waals surface area contributed by atoms with E-state index in [0.717, 1.165) is 4.57 Å². The Morgan fingerprint density at radius 1 is 1.34 bits per heavy atom. The number of alkyl halides is 1. The van der Waals surface area contributed by atoms with Crippen molar-refractivity contribution in [3.63, 3.8) is 0 Å². The topological polar surface area (TPSA) is 215 Å². The molecular weight excluding hydrogens is 531 g/mol. The lowest BCUT2D eigenvalue weighted by molar-refractivity contribution is -0.238. The smallest absolute Gasteiger partial charge is 0.341 e. The first-order valence-electron chi connectivity index (χ1n) is 11.2. The Morgan fingerprint density at radius 3 is 2.58 bits per heavy atom. The van der Waals surface area contributed by atoms with Gasteiger partial charge in [-0.15, -0.1) is 0 Å². The van der Waals surface area contributed by atoms with Gasteiger partial charge in [-0.25, -0.2) is 14.2 Å². The number of anilines is 2. The number of aliphatic carboxylic acids is 1. The third-order valence-corrected chi connectivity index (χ3v) is 6.78. The number of aliphatic hydroxyl groups is 3. The Morgan fingerprint density at radius 2 is 2.03 bits per heavy atom. The van der Waals surface area contributed by atoms with Crippen molar-refractivity contribution in [2.75, 3.05) is 11.1 Å². The summed E-state index contributed by atoms with van der Waals surface area (Å²) in [5.41, 5.74) is 1.67. The van der Waals surface area contributed by atoms with E-state index in [2.05, 4.69) is 20.3 Å². The van der Waals surface area contributed by atoms with Gasteiger partial charge in [0.25, 0.3) is 0 Å². The molecule has 2 aromatic heterocycles. The van der Waals surface area contributed by atoms with Crippen molar-refractivity contribution in [2.24, 2.45) is 0 Å². The molecule has 1 saturated heterocycles. The third kappa shape index (κ3) is 4.03. The van der Waals surface area contributed by atoms with E-state index in [1.54, 1.807) is 0 Å². The molecule has 0 bridgehead atoms. The molecule has 202 valence electrons. The van der Waals surface area contributed by atoms with Gasteiger partial charge in [-0.1, -0.05) is 12.1 Å². The van der Waals surface area contributed by atoms with Gasteiger partial charge in [0, 0.05) is 19.0 Å². The SMILES string of the molecule is CC(=O)Nc1ccc(CC(OC2[C@H]3O[C@@H](n4cnc5c(N)nc(Cl)nc54)[C@@H](F)[C@@]23O)(C(=O)O)C(O)O)cc1. The number of amides is 1. The molecule has 2 fully saturated rings. The molecule has 1 amide bonds. The van der Waals surface area contributed by atoms with Crippen molar-refractivity contribution in [1.82, 2.24) is 19.5 Å². The maximum Gasteiger partial charge on any atom is 0.341 e. The number of fused-ring (bicyclic) bond motifs is 2. The molecule has 1 aromatic carbocycles. The second kappa shape index (κ2) is 9.07. The molecule has 5 rings (SSSR count). The number of carbonyl (C=O) groups excluding carboxylic acids is 1. The lowest BCUT2D eigenvalue weighted by atomic mass is 9.93. The molecule has 7 N–H and O–H groups in total. The summed E-state index contributed by atoms with van der Waals surface area (Å²) >= 11 is 5.84. The van der Waals surface area contributed by atoms with Gasteiger partial charge in [-0.2, -0.15) is 9.97 Å². The van der Waals surface area contributed by atoms with Crippen molar-refractivity contribution in [3.8, 4) is 0 Å². The molecule has 6 atom stereocenters. The summed E-state index contributed by atoms with van der Waals surface area (Å²) in [7, 11) is 0. The molecular formula is C22H22ClFN6O8. The summed E-state index contributed by atoms with van der Waals surface area (Å²) in [5, 5.41) is 43.4. The summed E-state index contributed by atoms with van der Waals surface area (Å²) in [6.45, 7) is 1.31. The van der Waals surface area contributed by atoms with Gasteiger partial charge in [-0.3, -0.25) is 9.36 Å². The quantitative estimate of drug-likeness (QED) is 0.158. The lowest BCUT2D eigenvalue weighted by Crippen LogP contribution is -2.55. The summed E-state index contributed by atoms with van der Waals surface area (Å²) in [5.74, 6) is -2.13. The zero-order valence-electron chi connectivity index (χ0n) is 19.5. The Bertz CT molecular complexity index is 1420. The number of nitrogens with two attached hydrogens (primary N) is 1. The van der Waals surface area contributed by atoms with E-state index in [1.165, 1.54) is 37.5 Å². The highest BCUT2D eigenvalue weighted by Crippen LogP contribution is 2.58. The molecule has 38 heavy (non-hydrogen) atoms. The summed E-state index contributed by atoms with van der Waals surface area (Å²) < 4.78 is 27.9. The predicted molar refractivity (Wildman–Crippen MR) is 126 cm³/mol. The average Bonchev–Trinajstić information content (AvgIpc) is 3.09. The maximum atomic E-state index is 15.6. The van der Waals surface area contributed by atoms with Crippen molar-refractivity contribution in [2.45, 2.75) is 55.4 Å². The van der Waals surface area contributed by atoms with E-state index in [4.69, 9.17) is 26.8 Å². The van der Waals surface area contributed by atoms with Crippen LogP contribution >= 0.6 is 11.6 Å². The number of carboxylic acids is 1. The number of carbonyl (C=O) groups is 2. The van der Waals surface area contributed by atoms with E-state index in [0.29, 0.717) is 11.3 Å². The number of hydrogen-bond acceptors (Lipinski definition) is 11. The Hall–Kier alpha value is -3.47. The number of nitrogens with one attached hydrogen (secondary N) is 1. The monoisotopic (exact) mass is 552 g/mol. The maximum absolute atomic E-state index is 15.6. The molecule has 3 aromatic rings. The van der Waals surface area contributed by atoms with Crippen molar-refractivity contribution in [3.05, 3.63) is 41.4 Å². The molecule has 2 aliphatic rings. The zero-order chi connectivity index (χ0) is 27.6. The van der Waals surface area contributed by atoms with Crippen LogP contribution in [-0.2, 0) is 25.5 Å². The molecule has 0 radical (unpaired) electrons. The number of halogens is 2. The van der Waals surface area contributed by atoms with Crippen LogP contribution in [-0.4, -0.2) is 87.7 Å². The van der Waals surface area contributed by atoms with Crippen LogP contribution in [0.2, 0.25) is 5.28 Å². The molecule has 16 heteroatoms. The number of nitrogens with zero attached hydrogens (tertiary/aromatic N) is 4. The minimum Gasteiger partial charge on any atom is -0.479 e. The number of aromatic nitrogens is 4. The van der Waals surface area contributed by atoms with E-state index < -0.39 is 54.5 Å². The molecule has 0 spiro atoms. The molecule has 1 aliphatic heterocycles. The van der Waals surface area contributed by atoms with E-state index in [9.17, 15) is 30.0 Å². The fourth-order valence-electron chi connectivity index (χ4n) is 4.60. The first kappa shape index (κ1) is 26.1. The van der Waals surface area contributed by atoms with Gasteiger partial charge < -0.3 is 41.0 Å². The minimum absolute atomic E-state index is 0.0471.